The lowest BCUT2D eigenvalue weighted by atomic mass is 10.2. The van der Waals surface area contributed by atoms with Crippen LogP contribution in [0.25, 0.3) is 0 Å². The summed E-state index contributed by atoms with van der Waals surface area (Å²) in [6.45, 7) is 7.95. The van der Waals surface area contributed by atoms with Crippen molar-refractivity contribution in [2.45, 2.75) is 26.3 Å². The number of hydrogen-bond donors (Lipinski definition) is 1. The third kappa shape index (κ3) is 2.88. The number of hydrogen-bond acceptors (Lipinski definition) is 4. The maximum Gasteiger partial charge on any atom is 0.215 e. The molecule has 94 valence electrons. The van der Waals surface area contributed by atoms with Crippen molar-refractivity contribution in [3.63, 3.8) is 0 Å². The molecule has 1 aliphatic heterocycles. The average molecular weight is 235 g/mol. The van der Waals surface area contributed by atoms with Gasteiger partial charge in [0.25, 0.3) is 0 Å². The Balaban J connectivity index is 2.14. The summed E-state index contributed by atoms with van der Waals surface area (Å²) in [6.07, 6.45) is 1.19. The monoisotopic (exact) mass is 235 g/mol. The standard InChI is InChI=1S/C13H21N3O/c1-3-16(11-8-9-14-10-11)12-6-5-7-13(15-12)17-4-2/h5-7,11,14H,3-4,8-10H2,1-2H3. The SMILES string of the molecule is CCOc1cccc(N(CC)C2CCNC2)n1. The van der Waals surface area contributed by atoms with Crippen molar-refractivity contribution in [3.8, 4) is 5.88 Å². The van der Waals surface area contributed by atoms with E-state index in [1.807, 2.05) is 19.1 Å². The van der Waals surface area contributed by atoms with Crippen LogP contribution in [-0.2, 0) is 0 Å². The van der Waals surface area contributed by atoms with Gasteiger partial charge in [0, 0.05) is 25.2 Å². The van der Waals surface area contributed by atoms with Crippen LogP contribution < -0.4 is 15.0 Å². The molecule has 1 atom stereocenters. The van der Waals surface area contributed by atoms with E-state index in [-0.39, 0.29) is 0 Å². The molecule has 1 saturated heterocycles. The molecule has 1 fully saturated rings. The highest BCUT2D eigenvalue weighted by atomic mass is 16.5. The highest BCUT2D eigenvalue weighted by Crippen LogP contribution is 2.20. The normalized spacial score (nSPS) is 19.3. The minimum atomic E-state index is 0.560. The number of rotatable bonds is 5. The van der Waals surface area contributed by atoms with Crippen molar-refractivity contribution >= 4 is 5.82 Å². The molecule has 17 heavy (non-hydrogen) atoms. The molecule has 1 N–H and O–H groups in total. The summed E-state index contributed by atoms with van der Waals surface area (Å²) < 4.78 is 5.45. The number of aromatic nitrogens is 1. The van der Waals surface area contributed by atoms with Gasteiger partial charge in [-0.1, -0.05) is 6.07 Å². The summed E-state index contributed by atoms with van der Waals surface area (Å²) in [5.41, 5.74) is 0. The van der Waals surface area contributed by atoms with E-state index in [4.69, 9.17) is 4.74 Å². The summed E-state index contributed by atoms with van der Waals surface area (Å²) in [6, 6.07) is 6.54. The molecular formula is C13H21N3O. The van der Waals surface area contributed by atoms with E-state index in [1.54, 1.807) is 0 Å². The van der Waals surface area contributed by atoms with Crippen LogP contribution in [0, 0.1) is 0 Å². The lowest BCUT2D eigenvalue weighted by Gasteiger charge is -2.28. The number of anilines is 1. The van der Waals surface area contributed by atoms with Gasteiger partial charge in [0.15, 0.2) is 0 Å². The highest BCUT2D eigenvalue weighted by Gasteiger charge is 2.22. The fraction of sp³-hybridized carbons (Fsp3) is 0.615. The van der Waals surface area contributed by atoms with Gasteiger partial charge in [0.2, 0.25) is 5.88 Å². The van der Waals surface area contributed by atoms with Crippen molar-refractivity contribution in [1.82, 2.24) is 10.3 Å². The van der Waals surface area contributed by atoms with E-state index in [0.717, 1.165) is 31.3 Å². The summed E-state index contributed by atoms with van der Waals surface area (Å²) >= 11 is 0. The summed E-state index contributed by atoms with van der Waals surface area (Å²) in [7, 11) is 0. The maximum absolute atomic E-state index is 5.45. The lowest BCUT2D eigenvalue weighted by molar-refractivity contribution is 0.327. The zero-order valence-corrected chi connectivity index (χ0v) is 10.6. The van der Waals surface area contributed by atoms with E-state index in [0.29, 0.717) is 12.6 Å². The van der Waals surface area contributed by atoms with Gasteiger partial charge in [0.1, 0.15) is 5.82 Å². The molecule has 0 aliphatic carbocycles. The van der Waals surface area contributed by atoms with E-state index < -0.39 is 0 Å². The van der Waals surface area contributed by atoms with Crippen molar-refractivity contribution in [3.05, 3.63) is 18.2 Å². The quantitative estimate of drug-likeness (QED) is 0.842. The van der Waals surface area contributed by atoms with Gasteiger partial charge in [-0.2, -0.15) is 4.98 Å². The average Bonchev–Trinajstić information content (AvgIpc) is 2.85. The van der Waals surface area contributed by atoms with E-state index in [1.165, 1.54) is 6.42 Å². The first-order chi connectivity index (χ1) is 8.35. The molecule has 1 aliphatic rings. The Labute approximate surface area is 103 Å². The molecule has 2 heterocycles. The maximum atomic E-state index is 5.45. The molecular weight excluding hydrogens is 214 g/mol. The molecule has 0 saturated carbocycles. The number of pyridine rings is 1. The molecule has 4 heteroatoms. The molecule has 4 nitrogen and oxygen atoms in total. The van der Waals surface area contributed by atoms with Crippen molar-refractivity contribution < 1.29 is 4.74 Å². The zero-order valence-electron chi connectivity index (χ0n) is 10.6. The summed E-state index contributed by atoms with van der Waals surface area (Å²) in [5, 5.41) is 3.40. The number of nitrogens with one attached hydrogen (secondary N) is 1. The van der Waals surface area contributed by atoms with Gasteiger partial charge in [-0.25, -0.2) is 0 Å². The van der Waals surface area contributed by atoms with Gasteiger partial charge in [-0.15, -0.1) is 0 Å². The third-order valence-corrected chi connectivity index (χ3v) is 3.11. The molecule has 1 aromatic rings. The van der Waals surface area contributed by atoms with Crippen molar-refractivity contribution in [2.24, 2.45) is 0 Å². The van der Waals surface area contributed by atoms with Crippen molar-refractivity contribution in [1.29, 1.82) is 0 Å². The van der Waals surface area contributed by atoms with Crippen LogP contribution in [0.5, 0.6) is 5.88 Å². The second-order valence-corrected chi connectivity index (χ2v) is 4.20. The Morgan fingerprint density at radius 1 is 1.47 bits per heavy atom. The zero-order chi connectivity index (χ0) is 12.1. The Kier molecular flexibility index (Phi) is 4.20. The highest BCUT2D eigenvalue weighted by molar-refractivity contribution is 5.42. The van der Waals surface area contributed by atoms with E-state index >= 15 is 0 Å². The molecule has 0 spiro atoms. The smallest absolute Gasteiger partial charge is 0.215 e. The van der Waals surface area contributed by atoms with Crippen LogP contribution in [0.1, 0.15) is 20.3 Å². The number of ether oxygens (including phenoxy) is 1. The van der Waals surface area contributed by atoms with Gasteiger partial charge >= 0.3 is 0 Å². The van der Waals surface area contributed by atoms with Crippen LogP contribution in [-0.4, -0.2) is 37.3 Å². The topological polar surface area (TPSA) is 37.4 Å². The predicted molar refractivity (Wildman–Crippen MR) is 69.7 cm³/mol. The van der Waals surface area contributed by atoms with Gasteiger partial charge in [-0.05, 0) is 32.9 Å². The number of nitrogens with zero attached hydrogens (tertiary/aromatic N) is 2. The van der Waals surface area contributed by atoms with Gasteiger partial charge < -0.3 is 15.0 Å². The third-order valence-electron chi connectivity index (χ3n) is 3.11. The molecule has 0 radical (unpaired) electrons. The van der Waals surface area contributed by atoms with Gasteiger partial charge in [-0.3, -0.25) is 0 Å². The first-order valence-electron chi connectivity index (χ1n) is 6.42. The number of likely N-dealkylation sites (N-methyl/N-ethyl adjacent to an activating group) is 1. The minimum absolute atomic E-state index is 0.560. The largest absolute Gasteiger partial charge is 0.478 e. The first kappa shape index (κ1) is 12.2. The van der Waals surface area contributed by atoms with E-state index in [2.05, 4.69) is 28.2 Å². The summed E-state index contributed by atoms with van der Waals surface area (Å²) in [5.74, 6) is 1.74. The lowest BCUT2D eigenvalue weighted by Crippen LogP contribution is -2.37. The first-order valence-corrected chi connectivity index (χ1v) is 6.42. The Bertz CT molecular complexity index is 350. The van der Waals surface area contributed by atoms with Crippen LogP contribution >= 0.6 is 0 Å². The summed E-state index contributed by atoms with van der Waals surface area (Å²) in [4.78, 5) is 6.90. The molecule has 0 aromatic carbocycles. The second kappa shape index (κ2) is 5.87. The molecule has 0 bridgehead atoms. The second-order valence-electron chi connectivity index (χ2n) is 4.20. The van der Waals surface area contributed by atoms with Crippen LogP contribution in [0.2, 0.25) is 0 Å². The predicted octanol–water partition coefficient (Wildman–Crippen LogP) is 1.67. The van der Waals surface area contributed by atoms with E-state index in [9.17, 15) is 0 Å². The van der Waals surface area contributed by atoms with Crippen LogP contribution in [0.4, 0.5) is 5.82 Å². The van der Waals surface area contributed by atoms with Crippen molar-refractivity contribution in [2.75, 3.05) is 31.1 Å². The van der Waals surface area contributed by atoms with Gasteiger partial charge in [0.05, 0.1) is 6.61 Å². The fourth-order valence-electron chi connectivity index (χ4n) is 2.30. The Morgan fingerprint density at radius 2 is 2.35 bits per heavy atom. The van der Waals surface area contributed by atoms with Crippen LogP contribution in [0.3, 0.4) is 0 Å². The van der Waals surface area contributed by atoms with Crippen LogP contribution in [0.15, 0.2) is 18.2 Å². The molecule has 0 amide bonds. The minimum Gasteiger partial charge on any atom is -0.478 e. The fourth-order valence-corrected chi connectivity index (χ4v) is 2.30. The Hall–Kier alpha value is -1.29. The molecule has 1 unspecified atom stereocenters. The Morgan fingerprint density at radius 3 is 3.00 bits per heavy atom. The molecule has 2 rings (SSSR count). The molecule has 1 aromatic heterocycles.